The molecular formula is C35H47N5O5. The number of nitrogens with zero attached hydrogens (tertiary/aromatic N) is 4. The fourth-order valence-electron chi connectivity index (χ4n) is 7.50. The number of piperidine rings is 1. The maximum absolute atomic E-state index is 14.0. The number of hydrogen-bond acceptors (Lipinski definition) is 6. The molecule has 0 spiro atoms. The van der Waals surface area contributed by atoms with Crippen LogP contribution in [0.5, 0.6) is 5.75 Å². The Balaban J connectivity index is 1.07. The van der Waals surface area contributed by atoms with Crippen molar-refractivity contribution in [3.8, 4) is 5.75 Å². The number of likely N-dealkylation sites (tertiary alicyclic amines) is 1. The van der Waals surface area contributed by atoms with Crippen LogP contribution in [-0.4, -0.2) is 114 Å². The van der Waals surface area contributed by atoms with Crippen molar-refractivity contribution in [1.82, 2.24) is 19.6 Å². The number of benzene rings is 2. The molecule has 10 nitrogen and oxygen atoms in total. The molecule has 0 radical (unpaired) electrons. The van der Waals surface area contributed by atoms with Gasteiger partial charge < -0.3 is 29.9 Å². The van der Waals surface area contributed by atoms with Crippen LogP contribution in [0.15, 0.2) is 42.5 Å². The van der Waals surface area contributed by atoms with Crippen molar-refractivity contribution in [2.75, 3.05) is 64.3 Å². The monoisotopic (exact) mass is 617 g/mol. The molecule has 45 heavy (non-hydrogen) atoms. The Morgan fingerprint density at radius 1 is 0.911 bits per heavy atom. The molecule has 1 atom stereocenters. The van der Waals surface area contributed by atoms with Crippen molar-refractivity contribution in [3.05, 3.63) is 59.2 Å². The molecule has 4 heterocycles. The number of ether oxygens (including phenoxy) is 1. The van der Waals surface area contributed by atoms with Gasteiger partial charge in [-0.1, -0.05) is 30.3 Å². The SMILES string of the molecule is Cc1cc(C[C@@H](CC(=O)N2CCC(N3CCc4ccccc4NC3=O)CC2)C(=O)N2CCN(C3CCOCC3)CC2)ccc1O. The van der Waals surface area contributed by atoms with Gasteiger partial charge in [-0.15, -0.1) is 0 Å². The Hall–Kier alpha value is -3.63. The molecule has 242 valence electrons. The van der Waals surface area contributed by atoms with Crippen LogP contribution in [0.2, 0.25) is 0 Å². The molecule has 4 aliphatic rings. The Bertz CT molecular complexity index is 1360. The number of hydrogen-bond donors (Lipinski definition) is 2. The summed E-state index contributed by atoms with van der Waals surface area (Å²) in [7, 11) is 0. The largest absolute Gasteiger partial charge is 0.508 e. The zero-order valence-corrected chi connectivity index (χ0v) is 26.5. The molecule has 10 heteroatoms. The zero-order chi connectivity index (χ0) is 31.3. The summed E-state index contributed by atoms with van der Waals surface area (Å²) in [5.41, 5.74) is 3.73. The normalized spacial score (nSPS) is 21.2. The standard InChI is InChI=1S/C35H47N5O5/c1-25-22-26(6-7-32(25)41)23-28(34(43)39-18-16-37(17-19-39)29-11-20-45-21-12-29)24-33(42)38-13-9-30(10-14-38)40-15-8-27-4-2-3-5-31(27)36-35(40)44/h2-7,22,28-30,41H,8-21,23-24H2,1H3,(H,36,44)/t28-/m0/s1. The van der Waals surface area contributed by atoms with E-state index in [1.165, 1.54) is 0 Å². The van der Waals surface area contributed by atoms with Gasteiger partial charge in [-0.25, -0.2) is 4.79 Å². The summed E-state index contributed by atoms with van der Waals surface area (Å²) in [6.07, 6.45) is 4.94. The number of amides is 4. The number of nitrogens with one attached hydrogen (secondary N) is 1. The van der Waals surface area contributed by atoms with E-state index in [1.54, 1.807) is 6.07 Å². The average Bonchev–Trinajstić information content (AvgIpc) is 3.24. The first-order chi connectivity index (χ1) is 21.9. The second-order valence-electron chi connectivity index (χ2n) is 13.1. The van der Waals surface area contributed by atoms with E-state index in [2.05, 4.69) is 16.3 Å². The van der Waals surface area contributed by atoms with E-state index in [1.807, 2.05) is 52.0 Å². The molecule has 6 rings (SSSR count). The molecule has 0 aromatic heterocycles. The van der Waals surface area contributed by atoms with Gasteiger partial charge in [0, 0.05) is 83.2 Å². The maximum Gasteiger partial charge on any atom is 0.322 e. The van der Waals surface area contributed by atoms with Crippen LogP contribution in [0.1, 0.15) is 48.8 Å². The Morgan fingerprint density at radius 2 is 1.64 bits per heavy atom. The van der Waals surface area contributed by atoms with Crippen LogP contribution in [0.3, 0.4) is 0 Å². The third kappa shape index (κ3) is 7.44. The Morgan fingerprint density at radius 3 is 2.38 bits per heavy atom. The molecular weight excluding hydrogens is 570 g/mol. The van der Waals surface area contributed by atoms with Gasteiger partial charge in [-0.05, 0) is 74.3 Å². The number of anilines is 1. The molecule has 3 saturated heterocycles. The van der Waals surface area contributed by atoms with Gasteiger partial charge >= 0.3 is 6.03 Å². The summed E-state index contributed by atoms with van der Waals surface area (Å²) in [5, 5.41) is 13.1. The van der Waals surface area contributed by atoms with E-state index in [0.717, 1.165) is 80.8 Å². The molecule has 0 unspecified atom stereocenters. The molecule has 2 aromatic rings. The van der Waals surface area contributed by atoms with Crippen molar-refractivity contribution in [2.24, 2.45) is 5.92 Å². The van der Waals surface area contributed by atoms with Crippen molar-refractivity contribution in [3.63, 3.8) is 0 Å². The summed E-state index contributed by atoms with van der Waals surface area (Å²) in [5.74, 6) is -0.206. The molecule has 0 bridgehead atoms. The maximum atomic E-state index is 14.0. The van der Waals surface area contributed by atoms with Crippen LogP contribution in [0.4, 0.5) is 10.5 Å². The highest BCUT2D eigenvalue weighted by Gasteiger charge is 2.35. The van der Waals surface area contributed by atoms with Crippen LogP contribution >= 0.6 is 0 Å². The number of piperazine rings is 1. The smallest absolute Gasteiger partial charge is 0.322 e. The highest BCUT2D eigenvalue weighted by atomic mass is 16.5. The number of aryl methyl sites for hydroxylation is 1. The van der Waals surface area contributed by atoms with Crippen molar-refractivity contribution in [1.29, 1.82) is 0 Å². The summed E-state index contributed by atoms with van der Waals surface area (Å²) in [6, 6.07) is 13.9. The summed E-state index contributed by atoms with van der Waals surface area (Å²) in [4.78, 5) is 49.0. The molecule has 4 aliphatic heterocycles. The first kappa shape index (κ1) is 31.4. The first-order valence-corrected chi connectivity index (χ1v) is 16.7. The highest BCUT2D eigenvalue weighted by molar-refractivity contribution is 5.91. The van der Waals surface area contributed by atoms with Gasteiger partial charge in [0.2, 0.25) is 11.8 Å². The Labute approximate surface area is 266 Å². The number of phenols is 1. The van der Waals surface area contributed by atoms with E-state index in [4.69, 9.17) is 4.74 Å². The summed E-state index contributed by atoms with van der Waals surface area (Å²) < 4.78 is 5.54. The molecule has 0 aliphatic carbocycles. The van der Waals surface area contributed by atoms with Gasteiger partial charge in [0.1, 0.15) is 5.75 Å². The van der Waals surface area contributed by atoms with Gasteiger partial charge in [0.15, 0.2) is 0 Å². The quantitative estimate of drug-likeness (QED) is 0.492. The van der Waals surface area contributed by atoms with E-state index >= 15 is 0 Å². The van der Waals surface area contributed by atoms with Crippen LogP contribution in [0, 0.1) is 12.8 Å². The van der Waals surface area contributed by atoms with Crippen molar-refractivity contribution >= 4 is 23.5 Å². The minimum Gasteiger partial charge on any atom is -0.508 e. The second kappa shape index (κ2) is 14.2. The van der Waals surface area contributed by atoms with Crippen LogP contribution in [0.25, 0.3) is 0 Å². The lowest BCUT2D eigenvalue weighted by molar-refractivity contribution is -0.143. The summed E-state index contributed by atoms with van der Waals surface area (Å²) >= 11 is 0. The van der Waals surface area contributed by atoms with Crippen LogP contribution < -0.4 is 5.32 Å². The number of para-hydroxylation sites is 1. The molecule has 2 N–H and O–H groups in total. The minimum absolute atomic E-state index is 0.00383. The van der Waals surface area contributed by atoms with E-state index in [-0.39, 0.29) is 36.1 Å². The zero-order valence-electron chi connectivity index (χ0n) is 26.5. The van der Waals surface area contributed by atoms with Gasteiger partial charge in [0.05, 0.1) is 5.92 Å². The van der Waals surface area contributed by atoms with E-state index < -0.39 is 5.92 Å². The fraction of sp³-hybridized carbons (Fsp3) is 0.571. The molecule has 4 amide bonds. The lowest BCUT2D eigenvalue weighted by Gasteiger charge is -2.41. The number of fused-ring (bicyclic) bond motifs is 1. The van der Waals surface area contributed by atoms with Gasteiger partial charge in [0.25, 0.3) is 0 Å². The predicted molar refractivity (Wildman–Crippen MR) is 172 cm³/mol. The second-order valence-corrected chi connectivity index (χ2v) is 13.1. The van der Waals surface area contributed by atoms with Crippen molar-refractivity contribution < 1.29 is 24.2 Å². The first-order valence-electron chi connectivity index (χ1n) is 16.7. The number of phenolic OH excluding ortho intramolecular Hbond substituents is 1. The molecule has 0 saturated carbocycles. The van der Waals surface area contributed by atoms with Crippen molar-refractivity contribution in [2.45, 2.75) is 64.0 Å². The van der Waals surface area contributed by atoms with Gasteiger partial charge in [-0.3, -0.25) is 14.5 Å². The molecule has 2 aromatic carbocycles. The minimum atomic E-state index is -0.469. The summed E-state index contributed by atoms with van der Waals surface area (Å²) in [6.45, 7) is 8.29. The Kier molecular flexibility index (Phi) is 9.90. The van der Waals surface area contributed by atoms with E-state index in [9.17, 15) is 19.5 Å². The predicted octanol–water partition coefficient (Wildman–Crippen LogP) is 3.65. The third-order valence-corrected chi connectivity index (χ3v) is 10.2. The topological polar surface area (TPSA) is 106 Å². The number of carbonyl (C=O) groups excluding carboxylic acids is 3. The highest BCUT2D eigenvalue weighted by Crippen LogP contribution is 2.27. The number of rotatable bonds is 7. The fourth-order valence-corrected chi connectivity index (χ4v) is 7.50. The van der Waals surface area contributed by atoms with Crippen LogP contribution in [-0.2, 0) is 27.2 Å². The van der Waals surface area contributed by atoms with Gasteiger partial charge in [-0.2, -0.15) is 0 Å². The lowest BCUT2D eigenvalue weighted by atomic mass is 9.92. The number of aromatic hydroxyl groups is 1. The third-order valence-electron chi connectivity index (χ3n) is 10.2. The average molecular weight is 618 g/mol. The lowest BCUT2D eigenvalue weighted by Crippen LogP contribution is -2.54. The number of carbonyl (C=O) groups is 3. The van der Waals surface area contributed by atoms with E-state index in [0.29, 0.717) is 45.2 Å². The number of urea groups is 1. The molecule has 3 fully saturated rings.